The lowest BCUT2D eigenvalue weighted by Crippen LogP contribution is -2.49. The Hall–Kier alpha value is -1.34. The van der Waals surface area contributed by atoms with Gasteiger partial charge in [0.2, 0.25) is 0 Å². The first-order valence-electron chi connectivity index (χ1n) is 7.10. The molecule has 0 radical (unpaired) electrons. The number of carboxylic acids is 1. The molecule has 1 saturated heterocycles. The summed E-state index contributed by atoms with van der Waals surface area (Å²) in [5.41, 5.74) is 0.698. The first-order chi connectivity index (χ1) is 10.0. The zero-order valence-corrected chi connectivity index (χ0v) is 13.7. The Labute approximate surface area is 132 Å². The summed E-state index contributed by atoms with van der Waals surface area (Å²) in [5, 5.41) is 8.69. The fourth-order valence-corrected chi connectivity index (χ4v) is 2.97. The highest BCUT2D eigenvalue weighted by Crippen LogP contribution is 2.17. The second-order valence-electron chi connectivity index (χ2n) is 5.11. The van der Waals surface area contributed by atoms with Gasteiger partial charge in [0.05, 0.1) is 6.42 Å². The summed E-state index contributed by atoms with van der Waals surface area (Å²) in [5.74, 6) is -0.737. The monoisotopic (exact) mass is 357 g/mol. The van der Waals surface area contributed by atoms with Crippen molar-refractivity contribution in [3.63, 3.8) is 0 Å². The number of carbonyl (C=O) groups excluding carboxylic acids is 1. The first-order valence-corrected chi connectivity index (χ1v) is 7.89. The maximum atomic E-state index is 12.5. The van der Waals surface area contributed by atoms with Crippen LogP contribution in [0.4, 0.5) is 0 Å². The molecule has 2 rings (SSSR count). The molecule has 1 aliphatic rings. The van der Waals surface area contributed by atoms with Crippen molar-refractivity contribution in [1.82, 2.24) is 14.4 Å². The van der Waals surface area contributed by atoms with Crippen molar-refractivity contribution in [1.29, 1.82) is 0 Å². The van der Waals surface area contributed by atoms with Crippen molar-refractivity contribution in [2.45, 2.75) is 19.9 Å². The van der Waals surface area contributed by atoms with Gasteiger partial charge in [-0.05, 0) is 28.9 Å². The number of aliphatic carboxylic acids is 1. The summed E-state index contributed by atoms with van der Waals surface area (Å²) in [6.45, 7) is 6.06. The molecule has 2 heterocycles. The average Bonchev–Trinajstić information content (AvgIpc) is 2.86. The van der Waals surface area contributed by atoms with E-state index >= 15 is 0 Å². The summed E-state index contributed by atoms with van der Waals surface area (Å²) in [4.78, 5) is 27.0. The van der Waals surface area contributed by atoms with Crippen LogP contribution in [0.25, 0.3) is 0 Å². The second-order valence-corrected chi connectivity index (χ2v) is 6.02. The second kappa shape index (κ2) is 7.09. The van der Waals surface area contributed by atoms with Gasteiger partial charge in [-0.3, -0.25) is 14.5 Å². The zero-order valence-electron chi connectivity index (χ0n) is 12.1. The van der Waals surface area contributed by atoms with E-state index in [2.05, 4.69) is 20.8 Å². The van der Waals surface area contributed by atoms with E-state index in [1.807, 2.05) is 28.7 Å². The van der Waals surface area contributed by atoms with Gasteiger partial charge < -0.3 is 14.6 Å². The fraction of sp³-hybridized carbons (Fsp3) is 0.571. The van der Waals surface area contributed by atoms with Gasteiger partial charge in [0.1, 0.15) is 5.69 Å². The third-order valence-electron chi connectivity index (χ3n) is 3.72. The van der Waals surface area contributed by atoms with Gasteiger partial charge in [0, 0.05) is 49.9 Å². The number of rotatable bonds is 5. The minimum Gasteiger partial charge on any atom is -0.481 e. The van der Waals surface area contributed by atoms with Crippen LogP contribution in [0.3, 0.4) is 0 Å². The molecule has 1 N–H and O–H groups in total. The van der Waals surface area contributed by atoms with Crippen LogP contribution >= 0.6 is 15.9 Å². The van der Waals surface area contributed by atoms with Gasteiger partial charge in [-0.1, -0.05) is 0 Å². The van der Waals surface area contributed by atoms with Gasteiger partial charge in [-0.2, -0.15) is 0 Å². The molecule has 0 atom stereocenters. The average molecular weight is 358 g/mol. The topological polar surface area (TPSA) is 65.8 Å². The summed E-state index contributed by atoms with van der Waals surface area (Å²) in [6.07, 6.45) is 2.07. The molecule has 1 aromatic rings. The highest BCUT2D eigenvalue weighted by Gasteiger charge is 2.24. The molecule has 21 heavy (non-hydrogen) atoms. The Bertz CT molecular complexity index is 522. The lowest BCUT2D eigenvalue weighted by Gasteiger charge is -2.34. The van der Waals surface area contributed by atoms with Gasteiger partial charge in [-0.15, -0.1) is 0 Å². The molecule has 1 fully saturated rings. The normalized spacial score (nSPS) is 16.2. The van der Waals surface area contributed by atoms with Crippen molar-refractivity contribution >= 4 is 27.8 Å². The predicted molar refractivity (Wildman–Crippen MR) is 82.4 cm³/mol. The zero-order chi connectivity index (χ0) is 15.4. The van der Waals surface area contributed by atoms with E-state index in [-0.39, 0.29) is 12.3 Å². The molecule has 0 unspecified atom stereocenters. The fourth-order valence-electron chi connectivity index (χ4n) is 2.51. The van der Waals surface area contributed by atoms with Crippen LogP contribution in [-0.2, 0) is 11.3 Å². The van der Waals surface area contributed by atoms with E-state index in [1.54, 1.807) is 0 Å². The van der Waals surface area contributed by atoms with Crippen molar-refractivity contribution in [2.75, 3.05) is 32.7 Å². The van der Waals surface area contributed by atoms with Gasteiger partial charge >= 0.3 is 5.97 Å². The largest absolute Gasteiger partial charge is 0.481 e. The quantitative estimate of drug-likeness (QED) is 0.867. The molecule has 7 heteroatoms. The van der Waals surface area contributed by atoms with Gasteiger partial charge in [0.25, 0.3) is 5.91 Å². The van der Waals surface area contributed by atoms with Crippen LogP contribution in [0.5, 0.6) is 0 Å². The number of hydrogen-bond donors (Lipinski definition) is 1. The summed E-state index contributed by atoms with van der Waals surface area (Å²) in [6, 6.07) is 1.85. The van der Waals surface area contributed by atoms with Crippen molar-refractivity contribution in [2.24, 2.45) is 0 Å². The minimum absolute atomic E-state index is 0.0421. The summed E-state index contributed by atoms with van der Waals surface area (Å²) in [7, 11) is 0. The molecule has 0 saturated carbocycles. The standard InChI is InChI=1S/C14H20BrN3O3/c1-2-17-10-11(15)9-12(17)14(21)18-7-5-16(6-8-18)4-3-13(19)20/h9-10H,2-8H2,1H3,(H,19,20). The van der Waals surface area contributed by atoms with E-state index in [0.29, 0.717) is 25.3 Å². The summed E-state index contributed by atoms with van der Waals surface area (Å²) < 4.78 is 2.84. The Balaban J connectivity index is 1.92. The predicted octanol–water partition coefficient (Wildman–Crippen LogP) is 1.50. The number of hydrogen-bond acceptors (Lipinski definition) is 3. The van der Waals surface area contributed by atoms with Crippen LogP contribution < -0.4 is 0 Å². The van der Waals surface area contributed by atoms with Crippen LogP contribution in [0.2, 0.25) is 0 Å². The number of piperazine rings is 1. The minimum atomic E-state index is -0.779. The molecule has 0 aliphatic carbocycles. The number of aryl methyl sites for hydroxylation is 1. The molecule has 0 bridgehead atoms. The SMILES string of the molecule is CCn1cc(Br)cc1C(=O)N1CCN(CCC(=O)O)CC1. The van der Waals surface area contributed by atoms with Crippen molar-refractivity contribution < 1.29 is 14.7 Å². The lowest BCUT2D eigenvalue weighted by molar-refractivity contribution is -0.137. The van der Waals surface area contributed by atoms with E-state index in [1.165, 1.54) is 0 Å². The van der Waals surface area contributed by atoms with Gasteiger partial charge in [-0.25, -0.2) is 0 Å². The summed E-state index contributed by atoms with van der Waals surface area (Å²) >= 11 is 3.40. The Morgan fingerprint density at radius 3 is 2.52 bits per heavy atom. The van der Waals surface area contributed by atoms with Crippen LogP contribution in [0.15, 0.2) is 16.7 Å². The van der Waals surface area contributed by atoms with Crippen molar-refractivity contribution in [3.05, 3.63) is 22.4 Å². The van der Waals surface area contributed by atoms with Crippen LogP contribution in [-0.4, -0.2) is 64.1 Å². The maximum absolute atomic E-state index is 12.5. The molecule has 0 aromatic carbocycles. The highest BCUT2D eigenvalue weighted by molar-refractivity contribution is 9.10. The Morgan fingerprint density at radius 1 is 1.29 bits per heavy atom. The Morgan fingerprint density at radius 2 is 1.95 bits per heavy atom. The van der Waals surface area contributed by atoms with Crippen LogP contribution in [0.1, 0.15) is 23.8 Å². The third-order valence-corrected chi connectivity index (χ3v) is 4.16. The molecule has 0 spiro atoms. The smallest absolute Gasteiger partial charge is 0.304 e. The van der Waals surface area contributed by atoms with E-state index in [0.717, 1.165) is 24.1 Å². The maximum Gasteiger partial charge on any atom is 0.304 e. The lowest BCUT2D eigenvalue weighted by atomic mass is 10.2. The molecule has 116 valence electrons. The molecule has 1 aliphatic heterocycles. The third kappa shape index (κ3) is 4.07. The van der Waals surface area contributed by atoms with E-state index in [4.69, 9.17) is 5.11 Å². The van der Waals surface area contributed by atoms with E-state index in [9.17, 15) is 9.59 Å². The number of aromatic nitrogens is 1. The van der Waals surface area contributed by atoms with Gasteiger partial charge in [0.15, 0.2) is 0 Å². The molecular weight excluding hydrogens is 338 g/mol. The molecule has 6 nitrogen and oxygen atoms in total. The Kier molecular flexibility index (Phi) is 5.41. The number of carbonyl (C=O) groups is 2. The molecule has 1 aromatic heterocycles. The van der Waals surface area contributed by atoms with Crippen molar-refractivity contribution in [3.8, 4) is 0 Å². The number of nitrogens with zero attached hydrogens (tertiary/aromatic N) is 3. The van der Waals surface area contributed by atoms with Crippen LogP contribution in [0, 0.1) is 0 Å². The number of carboxylic acid groups (broad SMARTS) is 1. The number of amides is 1. The highest BCUT2D eigenvalue weighted by atomic mass is 79.9. The molecule has 1 amide bonds. The number of halogens is 1. The van der Waals surface area contributed by atoms with E-state index < -0.39 is 5.97 Å². The molecular formula is C14H20BrN3O3. The first kappa shape index (κ1) is 16.0.